The van der Waals surface area contributed by atoms with E-state index in [1.54, 1.807) is 0 Å². The van der Waals surface area contributed by atoms with E-state index in [-0.39, 0.29) is 0 Å². The highest BCUT2D eigenvalue weighted by Crippen LogP contribution is 2.40. The lowest BCUT2D eigenvalue weighted by molar-refractivity contribution is 0.565. The first kappa shape index (κ1) is 22.1. The fraction of sp³-hybridized carbons (Fsp3) is 0.171. The van der Waals surface area contributed by atoms with Crippen molar-refractivity contribution < 1.29 is 0 Å². The van der Waals surface area contributed by atoms with E-state index in [1.165, 1.54) is 28.8 Å². The second-order valence-corrected chi connectivity index (χ2v) is 11.2. The van der Waals surface area contributed by atoms with Crippen LogP contribution in [0.5, 0.6) is 0 Å². The number of rotatable bonds is 2. The lowest BCUT2D eigenvalue weighted by Crippen LogP contribution is -2.13. The molecule has 1 atom stereocenters. The van der Waals surface area contributed by atoms with Crippen LogP contribution < -0.4 is 0 Å². The summed E-state index contributed by atoms with van der Waals surface area (Å²) in [5, 5.41) is 1.13. The molecule has 5 nitrogen and oxygen atoms in total. The Morgan fingerprint density at radius 2 is 1.62 bits per heavy atom. The highest BCUT2D eigenvalue weighted by Gasteiger charge is 2.26. The molecule has 4 heterocycles. The number of hydrogen-bond acceptors (Lipinski definition) is 3. The quantitative estimate of drug-likeness (QED) is 0.233. The van der Waals surface area contributed by atoms with Gasteiger partial charge >= 0.3 is 0 Å². The van der Waals surface area contributed by atoms with E-state index in [4.69, 9.17) is 15.0 Å². The minimum atomic E-state index is 0.556. The Morgan fingerprint density at radius 1 is 0.750 bits per heavy atom. The van der Waals surface area contributed by atoms with Gasteiger partial charge in [-0.15, -0.1) is 0 Å². The van der Waals surface area contributed by atoms with Crippen LogP contribution >= 0.6 is 0 Å². The van der Waals surface area contributed by atoms with Crippen molar-refractivity contribution in [3.8, 4) is 5.69 Å². The molecule has 0 amide bonds. The third kappa shape index (κ3) is 3.12. The van der Waals surface area contributed by atoms with Gasteiger partial charge in [0.25, 0.3) is 0 Å². The maximum Gasteiger partial charge on any atom is 0.166 e. The van der Waals surface area contributed by atoms with E-state index in [0.29, 0.717) is 5.92 Å². The minimum Gasteiger partial charge on any atom is -0.296 e. The Bertz CT molecular complexity index is 2150. The standard InChI is InChI=1S/C35H27N5/c1-3-10-24-20-26(17-15-22(24)8-1)39-29-13-6-5-12-28(29)31-34(39)38-33-32-30(14-7-19-36-32)40(35(33)37-31)27-18-16-23-9-2-4-11-25(23)21-27/h1-2,5-9,12-19,21,24H,3-4,10-11,20H2. The molecule has 0 radical (unpaired) electrons. The molecule has 6 aromatic rings. The summed E-state index contributed by atoms with van der Waals surface area (Å²) in [6, 6.07) is 19.5. The van der Waals surface area contributed by atoms with Crippen LogP contribution in [0.4, 0.5) is 0 Å². The van der Waals surface area contributed by atoms with Crippen LogP contribution in [0, 0.1) is 5.92 Å². The van der Waals surface area contributed by atoms with E-state index < -0.39 is 0 Å². The van der Waals surface area contributed by atoms with Crippen LogP contribution in [0.1, 0.15) is 36.8 Å². The average Bonchev–Trinajstić information content (AvgIpc) is 3.51. The number of aryl methyl sites for hydroxylation is 1. The van der Waals surface area contributed by atoms with Crippen molar-refractivity contribution in [3.05, 3.63) is 108 Å². The molecule has 0 saturated heterocycles. The third-order valence-corrected chi connectivity index (χ3v) is 8.87. The predicted octanol–water partition coefficient (Wildman–Crippen LogP) is 8.17. The Labute approximate surface area is 231 Å². The first-order chi connectivity index (χ1) is 19.8. The minimum absolute atomic E-state index is 0.556. The molecular weight excluding hydrogens is 490 g/mol. The number of hydrogen-bond donors (Lipinski definition) is 0. The summed E-state index contributed by atoms with van der Waals surface area (Å²) < 4.78 is 4.60. The number of nitrogens with zero attached hydrogens (tertiary/aromatic N) is 5. The van der Waals surface area contributed by atoms with Gasteiger partial charge in [0, 0.05) is 23.0 Å². The number of benzene rings is 2. The Balaban J connectivity index is 1.35. The zero-order valence-corrected chi connectivity index (χ0v) is 22.1. The van der Waals surface area contributed by atoms with E-state index in [9.17, 15) is 0 Å². The Morgan fingerprint density at radius 3 is 2.62 bits per heavy atom. The summed E-state index contributed by atoms with van der Waals surface area (Å²) in [6.07, 6.45) is 21.0. The van der Waals surface area contributed by atoms with Crippen LogP contribution in [0.3, 0.4) is 0 Å². The molecule has 40 heavy (non-hydrogen) atoms. The van der Waals surface area contributed by atoms with Crippen molar-refractivity contribution in [3.63, 3.8) is 0 Å². The van der Waals surface area contributed by atoms with Crippen LogP contribution in [0.15, 0.2) is 96.7 Å². The molecule has 3 aliphatic carbocycles. The molecule has 0 spiro atoms. The second-order valence-electron chi connectivity index (χ2n) is 11.2. The number of fused-ring (bicyclic) bond motifs is 8. The molecule has 5 heteroatoms. The molecule has 2 aromatic carbocycles. The molecular formula is C35H27N5. The van der Waals surface area contributed by atoms with Crippen molar-refractivity contribution in [2.24, 2.45) is 5.92 Å². The molecule has 3 aliphatic rings. The maximum atomic E-state index is 5.40. The molecule has 1 unspecified atom stereocenters. The van der Waals surface area contributed by atoms with Gasteiger partial charge in [0.1, 0.15) is 16.6 Å². The molecule has 4 aromatic heterocycles. The van der Waals surface area contributed by atoms with Gasteiger partial charge in [0.15, 0.2) is 11.3 Å². The van der Waals surface area contributed by atoms with Crippen molar-refractivity contribution in [1.82, 2.24) is 24.1 Å². The first-order valence-corrected chi connectivity index (χ1v) is 14.3. The largest absolute Gasteiger partial charge is 0.296 e. The lowest BCUT2D eigenvalue weighted by Gasteiger charge is -2.26. The Kier molecular flexibility index (Phi) is 4.62. The molecule has 192 valence electrons. The van der Waals surface area contributed by atoms with E-state index in [1.807, 2.05) is 12.3 Å². The SMILES string of the molecule is C1=Cc2ccc(-n3c4cccnc4c4nc5c(nc43)c3ccccc3n5C3=CC=C4C=CCCC4C3)cc2CC1. The molecule has 0 N–H and O–H groups in total. The second kappa shape index (κ2) is 8.36. The van der Waals surface area contributed by atoms with Gasteiger partial charge in [-0.1, -0.05) is 54.6 Å². The molecule has 0 bridgehead atoms. The molecule has 9 rings (SSSR count). The van der Waals surface area contributed by atoms with Gasteiger partial charge in [0.05, 0.1) is 11.0 Å². The number of para-hydroxylation sites is 1. The van der Waals surface area contributed by atoms with Gasteiger partial charge in [-0.25, -0.2) is 9.97 Å². The van der Waals surface area contributed by atoms with Crippen LogP contribution in [0.25, 0.3) is 61.7 Å². The fourth-order valence-corrected chi connectivity index (χ4v) is 6.95. The summed E-state index contributed by atoms with van der Waals surface area (Å²) in [5.41, 5.74) is 13.1. The van der Waals surface area contributed by atoms with Gasteiger partial charge in [-0.2, -0.15) is 0 Å². The van der Waals surface area contributed by atoms with Gasteiger partial charge in [-0.3, -0.25) is 14.1 Å². The third-order valence-electron chi connectivity index (χ3n) is 8.87. The van der Waals surface area contributed by atoms with Gasteiger partial charge in [-0.05, 0) is 91.1 Å². The normalized spacial score (nSPS) is 18.4. The molecule has 0 saturated carbocycles. The van der Waals surface area contributed by atoms with Gasteiger partial charge in [0.2, 0.25) is 0 Å². The Hall–Kier alpha value is -4.77. The smallest absolute Gasteiger partial charge is 0.166 e. The topological polar surface area (TPSA) is 48.5 Å². The summed E-state index contributed by atoms with van der Waals surface area (Å²) in [6.45, 7) is 0. The maximum absolute atomic E-state index is 5.40. The zero-order valence-electron chi connectivity index (χ0n) is 22.1. The summed E-state index contributed by atoms with van der Waals surface area (Å²) in [7, 11) is 0. The lowest BCUT2D eigenvalue weighted by atomic mass is 9.82. The number of aromatic nitrogens is 5. The molecule has 0 aliphatic heterocycles. The van der Waals surface area contributed by atoms with Crippen molar-refractivity contribution in [1.29, 1.82) is 0 Å². The summed E-state index contributed by atoms with van der Waals surface area (Å²) in [4.78, 5) is 15.6. The zero-order chi connectivity index (χ0) is 26.2. The van der Waals surface area contributed by atoms with Crippen LogP contribution in [0.2, 0.25) is 0 Å². The van der Waals surface area contributed by atoms with Crippen molar-refractivity contribution in [2.45, 2.75) is 32.1 Å². The van der Waals surface area contributed by atoms with Crippen LogP contribution in [-0.2, 0) is 6.42 Å². The predicted molar refractivity (Wildman–Crippen MR) is 163 cm³/mol. The van der Waals surface area contributed by atoms with E-state index in [0.717, 1.165) is 75.6 Å². The first-order valence-electron chi connectivity index (χ1n) is 14.3. The highest BCUT2D eigenvalue weighted by molar-refractivity contribution is 6.12. The van der Waals surface area contributed by atoms with Crippen molar-refractivity contribution in [2.75, 3.05) is 0 Å². The fourth-order valence-electron chi connectivity index (χ4n) is 6.95. The summed E-state index contributed by atoms with van der Waals surface area (Å²) in [5.74, 6) is 0.556. The average molecular weight is 518 g/mol. The highest BCUT2D eigenvalue weighted by atomic mass is 15.1. The number of pyridine rings is 1. The summed E-state index contributed by atoms with van der Waals surface area (Å²) >= 11 is 0. The van der Waals surface area contributed by atoms with Crippen LogP contribution in [-0.4, -0.2) is 24.1 Å². The molecule has 0 fully saturated rings. The van der Waals surface area contributed by atoms with E-state index in [2.05, 4.69) is 94.1 Å². The van der Waals surface area contributed by atoms with E-state index >= 15 is 0 Å². The van der Waals surface area contributed by atoms with Gasteiger partial charge < -0.3 is 0 Å². The van der Waals surface area contributed by atoms with Crippen molar-refractivity contribution >= 4 is 56.0 Å². The monoisotopic (exact) mass is 517 g/mol. The number of allylic oxidation sites excluding steroid dienone is 7.